The van der Waals surface area contributed by atoms with Gasteiger partial charge < -0.3 is 5.11 Å². The summed E-state index contributed by atoms with van der Waals surface area (Å²) in [5, 5.41) is 9.28. The lowest BCUT2D eigenvalue weighted by molar-refractivity contribution is 0.00350. The van der Waals surface area contributed by atoms with Crippen molar-refractivity contribution in [2.75, 3.05) is 6.61 Å². The summed E-state index contributed by atoms with van der Waals surface area (Å²) in [6.07, 6.45) is 8.02. The monoisotopic (exact) mass is 220 g/mol. The molecule has 0 aromatic carbocycles. The van der Waals surface area contributed by atoms with Gasteiger partial charge in [-0.3, -0.25) is 0 Å². The third kappa shape index (κ3) is 2.10. The van der Waals surface area contributed by atoms with Crippen LogP contribution < -0.4 is 0 Å². The summed E-state index contributed by atoms with van der Waals surface area (Å²) in [5.74, 6) is 1.54. The molecule has 2 aliphatic rings. The molecule has 2 atom stereocenters. The van der Waals surface area contributed by atoms with Crippen molar-refractivity contribution in [1.82, 2.24) is 0 Å². The van der Waals surface area contributed by atoms with E-state index >= 15 is 0 Å². The number of aliphatic hydroxyl groups excluding tert-OH is 1. The minimum atomic E-state index is 0.240. The first kappa shape index (κ1) is 11.9. The maximum Gasteiger partial charge on any atom is 0.0641 e. The van der Waals surface area contributed by atoms with Crippen LogP contribution in [-0.2, 0) is 0 Å². The van der Waals surface area contributed by atoms with Crippen LogP contribution in [-0.4, -0.2) is 11.7 Å². The molecule has 1 saturated carbocycles. The third-order valence-electron chi connectivity index (χ3n) is 4.64. The highest BCUT2D eigenvalue weighted by atomic mass is 16.3. The Morgan fingerprint density at radius 3 is 2.81 bits per heavy atom. The molecule has 1 nitrogen and oxygen atoms in total. The normalized spacial score (nSPS) is 37.2. The molecule has 2 aliphatic carbocycles. The van der Waals surface area contributed by atoms with Crippen molar-refractivity contribution in [3.05, 3.63) is 23.8 Å². The Labute approximate surface area is 99.3 Å². The van der Waals surface area contributed by atoms with Gasteiger partial charge in [0, 0.05) is 0 Å². The first-order chi connectivity index (χ1) is 7.54. The average molecular weight is 220 g/mol. The lowest BCUT2D eigenvalue weighted by Gasteiger charge is -2.53. The molecule has 0 aromatic heterocycles. The first-order valence-electron chi connectivity index (χ1n) is 6.51. The second kappa shape index (κ2) is 4.37. The van der Waals surface area contributed by atoms with Crippen molar-refractivity contribution in [1.29, 1.82) is 0 Å². The van der Waals surface area contributed by atoms with E-state index in [9.17, 15) is 5.11 Å². The van der Waals surface area contributed by atoms with Gasteiger partial charge in [-0.1, -0.05) is 32.1 Å². The predicted octanol–water partition coefficient (Wildman–Crippen LogP) is 3.70. The average Bonchev–Trinajstić information content (AvgIpc) is 2.28. The summed E-state index contributed by atoms with van der Waals surface area (Å²) in [5.41, 5.74) is 3.16. The van der Waals surface area contributed by atoms with E-state index < -0.39 is 0 Å². The molecule has 1 N–H and O–H groups in total. The first-order valence-corrected chi connectivity index (χ1v) is 6.51. The van der Waals surface area contributed by atoms with Gasteiger partial charge >= 0.3 is 0 Å². The highest BCUT2D eigenvalue weighted by Gasteiger charge is 2.47. The van der Waals surface area contributed by atoms with E-state index in [0.29, 0.717) is 5.41 Å². The molecular formula is C15H24O. The number of allylic oxidation sites excluding steroid dienone is 2. The number of fused-ring (bicyclic) bond motifs is 1. The number of rotatable bonds is 1. The molecule has 0 spiro atoms. The van der Waals surface area contributed by atoms with Crippen LogP contribution in [0.15, 0.2) is 23.8 Å². The molecule has 0 amide bonds. The number of aliphatic hydroxyl groups is 1. The quantitative estimate of drug-likeness (QED) is 0.668. The topological polar surface area (TPSA) is 20.2 Å². The van der Waals surface area contributed by atoms with Crippen molar-refractivity contribution in [3.8, 4) is 0 Å². The Balaban J connectivity index is 2.11. The van der Waals surface area contributed by atoms with E-state index in [1.54, 1.807) is 0 Å². The zero-order valence-corrected chi connectivity index (χ0v) is 10.6. The van der Waals surface area contributed by atoms with Crippen LogP contribution in [0.25, 0.3) is 0 Å². The Hall–Kier alpha value is -0.560. The maximum absolute atomic E-state index is 9.28. The van der Waals surface area contributed by atoms with E-state index in [1.807, 2.05) is 0 Å². The van der Waals surface area contributed by atoms with E-state index in [-0.39, 0.29) is 6.61 Å². The van der Waals surface area contributed by atoms with Gasteiger partial charge in [0.15, 0.2) is 0 Å². The SMILES string of the molecule is C=C1CC/C=C(\CO)CC[C@H]2[C@H]1CC2(C)C. The van der Waals surface area contributed by atoms with Gasteiger partial charge in [0.2, 0.25) is 0 Å². The van der Waals surface area contributed by atoms with Crippen LogP contribution in [0, 0.1) is 17.3 Å². The summed E-state index contributed by atoms with van der Waals surface area (Å²) >= 11 is 0. The minimum Gasteiger partial charge on any atom is -0.392 e. The molecular weight excluding hydrogens is 196 g/mol. The van der Waals surface area contributed by atoms with Gasteiger partial charge in [-0.25, -0.2) is 0 Å². The predicted molar refractivity (Wildman–Crippen MR) is 68.2 cm³/mol. The standard InChI is InChI=1S/C15H24O/c1-11-5-4-6-12(10-16)7-8-14-13(11)9-15(14,2)3/h6,13-14,16H,1,4-5,7-10H2,2-3H3/b12-6-/t13-,14-/m0/s1. The molecule has 0 saturated heterocycles. The summed E-state index contributed by atoms with van der Waals surface area (Å²) in [6.45, 7) is 9.26. The van der Waals surface area contributed by atoms with E-state index in [2.05, 4.69) is 26.5 Å². The minimum absolute atomic E-state index is 0.240. The fraction of sp³-hybridized carbons (Fsp3) is 0.733. The molecule has 0 aliphatic heterocycles. The highest BCUT2D eigenvalue weighted by molar-refractivity contribution is 5.16. The lowest BCUT2D eigenvalue weighted by Crippen LogP contribution is -2.44. The van der Waals surface area contributed by atoms with Gasteiger partial charge in [0.25, 0.3) is 0 Å². The summed E-state index contributed by atoms with van der Waals surface area (Å²) in [7, 11) is 0. The summed E-state index contributed by atoms with van der Waals surface area (Å²) < 4.78 is 0. The van der Waals surface area contributed by atoms with Gasteiger partial charge in [-0.2, -0.15) is 0 Å². The number of hydrogen-bond donors (Lipinski definition) is 1. The lowest BCUT2D eigenvalue weighted by atomic mass is 9.52. The van der Waals surface area contributed by atoms with E-state index in [4.69, 9.17) is 0 Å². The second-order valence-electron chi connectivity index (χ2n) is 6.16. The molecule has 90 valence electrons. The van der Waals surface area contributed by atoms with Crippen molar-refractivity contribution < 1.29 is 5.11 Å². The van der Waals surface area contributed by atoms with Gasteiger partial charge in [-0.05, 0) is 54.9 Å². The van der Waals surface area contributed by atoms with Crippen LogP contribution in [0.1, 0.15) is 46.0 Å². The molecule has 1 heteroatoms. The van der Waals surface area contributed by atoms with Gasteiger partial charge in [0.05, 0.1) is 6.61 Å². The van der Waals surface area contributed by atoms with Crippen LogP contribution in [0.3, 0.4) is 0 Å². The Bertz CT molecular complexity index is 311. The third-order valence-corrected chi connectivity index (χ3v) is 4.64. The zero-order valence-electron chi connectivity index (χ0n) is 10.6. The molecule has 0 unspecified atom stereocenters. The molecule has 0 aromatic rings. The largest absolute Gasteiger partial charge is 0.392 e. The van der Waals surface area contributed by atoms with Crippen LogP contribution in [0.2, 0.25) is 0 Å². The fourth-order valence-electron chi connectivity index (χ4n) is 3.50. The molecule has 1 fully saturated rings. The van der Waals surface area contributed by atoms with Crippen LogP contribution >= 0.6 is 0 Å². The van der Waals surface area contributed by atoms with E-state index in [0.717, 1.165) is 31.1 Å². The van der Waals surface area contributed by atoms with Crippen LogP contribution in [0.4, 0.5) is 0 Å². The molecule has 0 radical (unpaired) electrons. The molecule has 0 bridgehead atoms. The van der Waals surface area contributed by atoms with Crippen molar-refractivity contribution in [2.45, 2.75) is 46.0 Å². The van der Waals surface area contributed by atoms with Gasteiger partial charge in [0.1, 0.15) is 0 Å². The van der Waals surface area contributed by atoms with Crippen LogP contribution in [0.5, 0.6) is 0 Å². The summed E-state index contributed by atoms with van der Waals surface area (Å²) in [4.78, 5) is 0. The Kier molecular flexibility index (Phi) is 3.25. The summed E-state index contributed by atoms with van der Waals surface area (Å²) in [6, 6.07) is 0. The Morgan fingerprint density at radius 1 is 1.44 bits per heavy atom. The molecule has 2 rings (SSSR count). The van der Waals surface area contributed by atoms with E-state index in [1.165, 1.54) is 24.0 Å². The van der Waals surface area contributed by atoms with Crippen molar-refractivity contribution in [3.63, 3.8) is 0 Å². The smallest absolute Gasteiger partial charge is 0.0641 e. The van der Waals surface area contributed by atoms with Crippen molar-refractivity contribution >= 4 is 0 Å². The second-order valence-corrected chi connectivity index (χ2v) is 6.16. The number of hydrogen-bond acceptors (Lipinski definition) is 1. The molecule has 16 heavy (non-hydrogen) atoms. The van der Waals surface area contributed by atoms with Crippen molar-refractivity contribution in [2.24, 2.45) is 17.3 Å². The molecule has 0 heterocycles. The van der Waals surface area contributed by atoms with Gasteiger partial charge in [-0.15, -0.1) is 0 Å². The maximum atomic E-state index is 9.28. The Morgan fingerprint density at radius 2 is 2.19 bits per heavy atom. The fourth-order valence-corrected chi connectivity index (χ4v) is 3.50. The highest BCUT2D eigenvalue weighted by Crippen LogP contribution is 2.56. The zero-order chi connectivity index (χ0) is 11.8.